The molecule has 8 heavy (non-hydrogen) atoms. The molecular weight excluding hydrogens is 122 g/mol. The third-order valence-corrected chi connectivity index (χ3v) is 0.894. The molecule has 1 nitrogen and oxygen atoms in total. The molecule has 0 radical (unpaired) electrons. The molecule has 0 bridgehead atoms. The van der Waals surface area contributed by atoms with Gasteiger partial charge in [0.05, 0.1) is 0 Å². The highest BCUT2D eigenvalue weighted by atomic mass is 35.5. The quantitative estimate of drug-likeness (QED) is 0.619. The highest BCUT2D eigenvalue weighted by molar-refractivity contribution is 5.85. The summed E-state index contributed by atoms with van der Waals surface area (Å²) in [5.41, 5.74) is 5.70. The van der Waals surface area contributed by atoms with E-state index in [4.69, 9.17) is 5.73 Å². The van der Waals surface area contributed by atoms with Crippen molar-refractivity contribution in [3.8, 4) is 0 Å². The molecular formula is C6H16ClN. The van der Waals surface area contributed by atoms with Gasteiger partial charge in [-0.05, 0) is 20.3 Å². The number of hydrogen-bond donors (Lipinski definition) is 1. The zero-order valence-electron chi connectivity index (χ0n) is 5.90. The fourth-order valence-corrected chi connectivity index (χ4v) is 0.644. The summed E-state index contributed by atoms with van der Waals surface area (Å²) in [6, 6.07) is 0. The van der Waals surface area contributed by atoms with Crippen LogP contribution < -0.4 is 5.73 Å². The summed E-state index contributed by atoms with van der Waals surface area (Å²) in [5, 5.41) is 0. The van der Waals surface area contributed by atoms with Gasteiger partial charge in [0.25, 0.3) is 0 Å². The molecule has 2 heteroatoms. The summed E-state index contributed by atoms with van der Waals surface area (Å²) in [5.74, 6) is 0. The molecule has 0 spiro atoms. The molecule has 0 saturated heterocycles. The Morgan fingerprint density at radius 1 is 1.38 bits per heavy atom. The Morgan fingerprint density at radius 3 is 1.75 bits per heavy atom. The molecule has 0 rings (SSSR count). The molecule has 0 aliphatic rings. The van der Waals surface area contributed by atoms with Gasteiger partial charge in [-0.3, -0.25) is 0 Å². The van der Waals surface area contributed by atoms with Crippen molar-refractivity contribution in [3.05, 3.63) is 0 Å². The van der Waals surface area contributed by atoms with Crippen molar-refractivity contribution in [2.75, 3.05) is 0 Å². The normalized spacial score (nSPS) is 10.5. The summed E-state index contributed by atoms with van der Waals surface area (Å²) in [4.78, 5) is 0. The average Bonchev–Trinajstić information content (AvgIpc) is 1.30. The minimum absolute atomic E-state index is 0. The monoisotopic (exact) mass is 137 g/mol. The first-order chi connectivity index (χ1) is 3.06. The first-order valence-electron chi connectivity index (χ1n) is 2.85. The lowest BCUT2D eigenvalue weighted by Crippen LogP contribution is -2.31. The highest BCUT2D eigenvalue weighted by Crippen LogP contribution is 2.04. The maximum Gasteiger partial charge on any atom is 0.00969 e. The van der Waals surface area contributed by atoms with Crippen molar-refractivity contribution in [1.29, 1.82) is 0 Å². The standard InChI is InChI=1S/C6H15N.ClH/c1-4-5-6(2,3)7;/h4-5,7H2,1-3H3;1H. The number of hydrogen-bond acceptors (Lipinski definition) is 1. The molecule has 0 aliphatic carbocycles. The summed E-state index contributed by atoms with van der Waals surface area (Å²) < 4.78 is 0. The van der Waals surface area contributed by atoms with E-state index >= 15 is 0 Å². The van der Waals surface area contributed by atoms with Gasteiger partial charge in [-0.1, -0.05) is 13.3 Å². The summed E-state index contributed by atoms with van der Waals surface area (Å²) in [7, 11) is 0. The van der Waals surface area contributed by atoms with E-state index in [0.717, 1.165) is 6.42 Å². The number of nitrogens with two attached hydrogens (primary N) is 1. The Labute approximate surface area is 58.1 Å². The summed E-state index contributed by atoms with van der Waals surface area (Å²) in [6.07, 6.45) is 2.30. The highest BCUT2D eigenvalue weighted by Gasteiger charge is 2.06. The van der Waals surface area contributed by atoms with Gasteiger partial charge >= 0.3 is 0 Å². The van der Waals surface area contributed by atoms with Gasteiger partial charge in [-0.25, -0.2) is 0 Å². The first kappa shape index (κ1) is 11.1. The van der Waals surface area contributed by atoms with E-state index in [0.29, 0.717) is 0 Å². The van der Waals surface area contributed by atoms with Crippen LogP contribution in [0.15, 0.2) is 0 Å². The van der Waals surface area contributed by atoms with Crippen molar-refractivity contribution < 1.29 is 0 Å². The number of rotatable bonds is 2. The molecule has 0 aliphatic heterocycles. The molecule has 0 aromatic heterocycles. The maximum absolute atomic E-state index is 5.65. The van der Waals surface area contributed by atoms with Gasteiger partial charge in [0.2, 0.25) is 0 Å². The van der Waals surface area contributed by atoms with Crippen LogP contribution in [-0.4, -0.2) is 5.54 Å². The number of halogens is 1. The third-order valence-electron chi connectivity index (χ3n) is 0.894. The zero-order valence-corrected chi connectivity index (χ0v) is 6.72. The largest absolute Gasteiger partial charge is 0.326 e. The maximum atomic E-state index is 5.65. The fourth-order valence-electron chi connectivity index (χ4n) is 0.644. The molecule has 0 fully saturated rings. The van der Waals surface area contributed by atoms with E-state index in [-0.39, 0.29) is 17.9 Å². The van der Waals surface area contributed by atoms with Crippen LogP contribution in [0.2, 0.25) is 0 Å². The molecule has 0 atom stereocenters. The van der Waals surface area contributed by atoms with E-state index in [1.807, 2.05) is 0 Å². The van der Waals surface area contributed by atoms with Crippen LogP contribution in [0, 0.1) is 0 Å². The molecule has 2 N–H and O–H groups in total. The predicted molar refractivity (Wildman–Crippen MR) is 40.4 cm³/mol. The Morgan fingerprint density at radius 2 is 1.75 bits per heavy atom. The van der Waals surface area contributed by atoms with Crippen molar-refractivity contribution >= 4 is 12.4 Å². The molecule has 0 aromatic rings. The van der Waals surface area contributed by atoms with Gasteiger partial charge in [0, 0.05) is 5.54 Å². The molecule has 0 aromatic carbocycles. The second-order valence-electron chi connectivity index (χ2n) is 2.74. The van der Waals surface area contributed by atoms with Gasteiger partial charge < -0.3 is 5.73 Å². The zero-order chi connectivity index (χ0) is 5.91. The third kappa shape index (κ3) is 9.54. The van der Waals surface area contributed by atoms with Crippen molar-refractivity contribution in [2.45, 2.75) is 39.2 Å². The van der Waals surface area contributed by atoms with E-state index in [1.54, 1.807) is 0 Å². The van der Waals surface area contributed by atoms with Gasteiger partial charge in [-0.2, -0.15) is 0 Å². The minimum atomic E-state index is 0. The van der Waals surface area contributed by atoms with Crippen LogP contribution in [0.25, 0.3) is 0 Å². The lowest BCUT2D eigenvalue weighted by molar-refractivity contribution is 0.470. The minimum Gasteiger partial charge on any atom is -0.326 e. The van der Waals surface area contributed by atoms with E-state index < -0.39 is 0 Å². The van der Waals surface area contributed by atoms with Crippen LogP contribution >= 0.6 is 12.4 Å². The Kier molecular flexibility index (Phi) is 5.77. The second kappa shape index (κ2) is 4.16. The van der Waals surface area contributed by atoms with Crippen molar-refractivity contribution in [1.82, 2.24) is 0 Å². The lowest BCUT2D eigenvalue weighted by atomic mass is 10.0. The van der Waals surface area contributed by atoms with Gasteiger partial charge in [-0.15, -0.1) is 12.4 Å². The van der Waals surface area contributed by atoms with Crippen molar-refractivity contribution in [3.63, 3.8) is 0 Å². The molecule has 0 heterocycles. The van der Waals surface area contributed by atoms with Crippen LogP contribution in [0.3, 0.4) is 0 Å². The van der Waals surface area contributed by atoms with Gasteiger partial charge in [0.1, 0.15) is 0 Å². The second-order valence-corrected chi connectivity index (χ2v) is 2.74. The smallest absolute Gasteiger partial charge is 0.00969 e. The van der Waals surface area contributed by atoms with E-state index in [1.165, 1.54) is 6.42 Å². The molecule has 52 valence electrons. The summed E-state index contributed by atoms with van der Waals surface area (Å²) in [6.45, 7) is 6.25. The fraction of sp³-hybridized carbons (Fsp3) is 1.00. The first-order valence-corrected chi connectivity index (χ1v) is 2.85. The molecule has 0 saturated carbocycles. The van der Waals surface area contributed by atoms with E-state index in [2.05, 4.69) is 20.8 Å². The van der Waals surface area contributed by atoms with Crippen LogP contribution in [0.4, 0.5) is 0 Å². The van der Waals surface area contributed by atoms with E-state index in [9.17, 15) is 0 Å². The Balaban J connectivity index is 0. The Bertz CT molecular complexity index is 47.0. The van der Waals surface area contributed by atoms with Crippen LogP contribution in [0.5, 0.6) is 0 Å². The van der Waals surface area contributed by atoms with Crippen LogP contribution in [0.1, 0.15) is 33.6 Å². The predicted octanol–water partition coefficient (Wildman–Crippen LogP) is 1.95. The van der Waals surface area contributed by atoms with Crippen molar-refractivity contribution in [2.24, 2.45) is 5.73 Å². The topological polar surface area (TPSA) is 26.0 Å². The van der Waals surface area contributed by atoms with Gasteiger partial charge in [0.15, 0.2) is 0 Å². The average molecular weight is 138 g/mol. The SMILES string of the molecule is CCCC(C)(C)N.Cl. The summed E-state index contributed by atoms with van der Waals surface area (Å²) >= 11 is 0. The lowest BCUT2D eigenvalue weighted by Gasteiger charge is -2.15. The Hall–Kier alpha value is 0.250. The van der Waals surface area contributed by atoms with Crippen LogP contribution in [-0.2, 0) is 0 Å². The molecule has 0 unspecified atom stereocenters. The molecule has 0 amide bonds.